The minimum atomic E-state index is -4.77. The molecule has 1 aromatic rings. The quantitative estimate of drug-likeness (QED) is 0.743. The predicted molar refractivity (Wildman–Crippen MR) is 71.0 cm³/mol. The molecular formula is C12H17F3N2O2S. The maximum atomic E-state index is 12.7. The number of piperidine rings is 1. The average Bonchev–Trinajstić information content (AvgIpc) is 2.38. The first-order chi connectivity index (χ1) is 9.29. The Hall–Kier alpha value is -1.12. The predicted octanol–water partition coefficient (Wildman–Crippen LogP) is 1.59. The van der Waals surface area contributed by atoms with Gasteiger partial charge in [0.2, 0.25) is 0 Å². The van der Waals surface area contributed by atoms with E-state index in [1.807, 2.05) is 0 Å². The van der Waals surface area contributed by atoms with Gasteiger partial charge in [-0.3, -0.25) is 9.35 Å². The number of benzene rings is 1. The number of rotatable bonds is 3. The van der Waals surface area contributed by atoms with Crippen LogP contribution in [0.4, 0.5) is 13.2 Å². The van der Waals surface area contributed by atoms with Crippen molar-refractivity contribution in [3.63, 3.8) is 0 Å². The Kier molecular flexibility index (Phi) is 4.36. The molecule has 1 aliphatic rings. The number of nitrogens with one attached hydrogen (secondary N) is 1. The van der Waals surface area contributed by atoms with Crippen LogP contribution in [0.5, 0.6) is 5.75 Å². The van der Waals surface area contributed by atoms with Gasteiger partial charge in [0, 0.05) is 10.1 Å². The zero-order valence-corrected chi connectivity index (χ0v) is 11.6. The molecule has 1 heterocycles. The molecule has 1 aromatic carbocycles. The van der Waals surface area contributed by atoms with Gasteiger partial charge >= 0.3 is 6.36 Å². The molecule has 0 bridgehead atoms. The molecule has 0 unspecified atom stereocenters. The van der Waals surface area contributed by atoms with Gasteiger partial charge in [-0.2, -0.15) is 0 Å². The first-order valence-electron chi connectivity index (χ1n) is 6.24. The molecular weight excluding hydrogens is 293 g/mol. The maximum absolute atomic E-state index is 12.7. The average molecular weight is 310 g/mol. The maximum Gasteiger partial charge on any atom is 0.573 e. The van der Waals surface area contributed by atoms with E-state index in [-0.39, 0.29) is 10.1 Å². The molecule has 1 saturated heterocycles. The van der Waals surface area contributed by atoms with Gasteiger partial charge in [0.15, 0.2) is 0 Å². The molecule has 4 nitrogen and oxygen atoms in total. The molecule has 8 heteroatoms. The third-order valence-electron chi connectivity index (χ3n) is 3.31. The molecule has 2 rings (SSSR count). The molecule has 0 saturated carbocycles. The second kappa shape index (κ2) is 5.71. The van der Waals surface area contributed by atoms with Crippen LogP contribution in [0, 0.1) is 0 Å². The van der Waals surface area contributed by atoms with E-state index in [4.69, 9.17) is 5.14 Å². The summed E-state index contributed by atoms with van der Waals surface area (Å²) >= 11 is 0. The minimum absolute atomic E-state index is 0.204. The van der Waals surface area contributed by atoms with Gasteiger partial charge in [0.1, 0.15) is 5.75 Å². The van der Waals surface area contributed by atoms with Crippen molar-refractivity contribution in [1.29, 1.82) is 0 Å². The topological polar surface area (TPSA) is 64.4 Å². The Morgan fingerprint density at radius 3 is 2.55 bits per heavy atom. The summed E-state index contributed by atoms with van der Waals surface area (Å²) in [6, 6.07) is 5.15. The highest BCUT2D eigenvalue weighted by Gasteiger charge is 2.32. The fourth-order valence-corrected chi connectivity index (χ4v) is 4.39. The van der Waals surface area contributed by atoms with Crippen molar-refractivity contribution < 1.29 is 22.1 Å². The van der Waals surface area contributed by atoms with Crippen LogP contribution in [-0.4, -0.2) is 28.9 Å². The van der Waals surface area contributed by atoms with Crippen LogP contribution in [0.1, 0.15) is 12.8 Å². The van der Waals surface area contributed by atoms with Crippen molar-refractivity contribution in [2.75, 3.05) is 13.1 Å². The Morgan fingerprint density at radius 2 is 1.95 bits per heavy atom. The fraction of sp³-hybridized carbons (Fsp3) is 0.500. The second-order valence-electron chi connectivity index (χ2n) is 4.74. The second-order valence-corrected chi connectivity index (χ2v) is 7.40. The van der Waals surface area contributed by atoms with Gasteiger partial charge in [-0.25, -0.2) is 0 Å². The van der Waals surface area contributed by atoms with Crippen molar-refractivity contribution in [2.45, 2.75) is 29.3 Å². The molecule has 0 atom stereocenters. The van der Waals surface area contributed by atoms with Gasteiger partial charge in [-0.15, -0.1) is 13.2 Å². The third kappa shape index (κ3) is 3.71. The summed E-state index contributed by atoms with van der Waals surface area (Å²) in [5, 5.41) is 8.86. The van der Waals surface area contributed by atoms with Crippen LogP contribution in [0.3, 0.4) is 0 Å². The third-order valence-corrected chi connectivity index (χ3v) is 5.99. The van der Waals surface area contributed by atoms with Crippen LogP contribution in [0.25, 0.3) is 0 Å². The van der Waals surface area contributed by atoms with Crippen molar-refractivity contribution in [2.24, 2.45) is 5.14 Å². The van der Waals surface area contributed by atoms with E-state index >= 15 is 0 Å². The number of hydrogen-bond donors (Lipinski definition) is 3. The van der Waals surface area contributed by atoms with Gasteiger partial charge in [-0.05, 0) is 54.2 Å². The smallest absolute Gasteiger partial charge is 0.406 e. The van der Waals surface area contributed by atoms with E-state index in [2.05, 4.69) is 10.1 Å². The highest BCUT2D eigenvalue weighted by molar-refractivity contribution is 8.01. The van der Waals surface area contributed by atoms with Crippen molar-refractivity contribution in [1.82, 2.24) is 5.32 Å². The lowest BCUT2D eigenvalue weighted by Crippen LogP contribution is -2.43. The number of halogens is 3. The molecule has 1 fully saturated rings. The van der Waals surface area contributed by atoms with Gasteiger partial charge < -0.3 is 10.1 Å². The van der Waals surface area contributed by atoms with E-state index in [1.165, 1.54) is 18.2 Å². The molecule has 20 heavy (non-hydrogen) atoms. The van der Waals surface area contributed by atoms with E-state index in [1.54, 1.807) is 0 Å². The summed E-state index contributed by atoms with van der Waals surface area (Å²) in [6.07, 6.45) is -3.47. The molecule has 0 spiro atoms. The molecule has 0 radical (unpaired) electrons. The zero-order valence-electron chi connectivity index (χ0n) is 10.7. The standard InChI is InChI=1S/C12H17F3N2O2S/c13-12(14,15)19-9-2-1-3-11(8-9)20(16,18)10-4-6-17-7-5-10/h1-3,8,10,17,20H,4-7H2,(H2,16,18). The first kappa shape index (κ1) is 15.3. The van der Waals surface area contributed by atoms with Gasteiger partial charge in [-0.1, -0.05) is 6.07 Å². The Labute approximate surface area is 116 Å². The zero-order chi connectivity index (χ0) is 14.8. The summed E-state index contributed by atoms with van der Waals surface area (Å²) in [4.78, 5) is 0.228. The van der Waals surface area contributed by atoms with Crippen LogP contribution < -0.4 is 15.2 Å². The minimum Gasteiger partial charge on any atom is -0.406 e. The van der Waals surface area contributed by atoms with E-state index in [0.717, 1.165) is 6.07 Å². The number of ether oxygens (including phenoxy) is 1. The van der Waals surface area contributed by atoms with Crippen LogP contribution >= 0.6 is 0 Å². The largest absolute Gasteiger partial charge is 0.573 e. The summed E-state index contributed by atoms with van der Waals surface area (Å²) in [7, 11) is -3.20. The van der Waals surface area contributed by atoms with E-state index in [9.17, 15) is 17.4 Å². The molecule has 0 aromatic heterocycles. The van der Waals surface area contributed by atoms with E-state index < -0.39 is 22.2 Å². The van der Waals surface area contributed by atoms with Gasteiger partial charge in [0.05, 0.1) is 0 Å². The lowest BCUT2D eigenvalue weighted by Gasteiger charge is -2.32. The lowest BCUT2D eigenvalue weighted by atomic mass is 10.2. The summed E-state index contributed by atoms with van der Waals surface area (Å²) in [5.74, 6) is -0.394. The molecule has 0 aliphatic carbocycles. The number of hydrogen-bond acceptors (Lipinski definition) is 3. The Morgan fingerprint density at radius 1 is 1.30 bits per heavy atom. The highest BCUT2D eigenvalue weighted by atomic mass is 32.3. The lowest BCUT2D eigenvalue weighted by molar-refractivity contribution is -0.274. The van der Waals surface area contributed by atoms with Crippen LogP contribution in [0.2, 0.25) is 0 Å². The van der Waals surface area contributed by atoms with E-state index in [0.29, 0.717) is 25.9 Å². The van der Waals surface area contributed by atoms with Crippen molar-refractivity contribution >= 4 is 10.1 Å². The fourth-order valence-electron chi connectivity index (χ4n) is 2.30. The summed E-state index contributed by atoms with van der Waals surface area (Å²) in [5.41, 5.74) is 0. The Balaban J connectivity index is 2.23. The number of thiol groups is 1. The summed E-state index contributed by atoms with van der Waals surface area (Å²) < 4.78 is 53.1. The molecule has 0 amide bonds. The molecule has 3 N–H and O–H groups in total. The monoisotopic (exact) mass is 310 g/mol. The number of nitrogens with two attached hydrogens (primary N) is 1. The highest BCUT2D eigenvalue weighted by Crippen LogP contribution is 2.29. The van der Waals surface area contributed by atoms with Crippen LogP contribution in [0.15, 0.2) is 29.2 Å². The first-order valence-corrected chi connectivity index (χ1v) is 8.09. The molecule has 114 valence electrons. The summed E-state index contributed by atoms with van der Waals surface area (Å²) in [6.45, 7) is 1.43. The van der Waals surface area contributed by atoms with Crippen molar-refractivity contribution in [3.05, 3.63) is 24.3 Å². The van der Waals surface area contributed by atoms with Crippen LogP contribution in [-0.2, 0) is 10.1 Å². The number of alkyl halides is 3. The SMILES string of the molecule is N[SH](=O)(c1cccc(OC(F)(F)F)c1)C1CCNCC1. The normalized spacial score (nSPS) is 18.8. The van der Waals surface area contributed by atoms with Crippen molar-refractivity contribution in [3.8, 4) is 5.75 Å². The van der Waals surface area contributed by atoms with Gasteiger partial charge in [0.25, 0.3) is 0 Å². The Bertz CT molecular complexity index is 516. The molecule has 1 aliphatic heterocycles.